The molecule has 1 aromatic heterocycles. The van der Waals surface area contributed by atoms with Crippen molar-refractivity contribution in [2.45, 2.75) is 45.1 Å². The Morgan fingerprint density at radius 3 is 2.55 bits per heavy atom. The van der Waals surface area contributed by atoms with Gasteiger partial charge in [0, 0.05) is 30.3 Å². The Bertz CT molecular complexity index is 1060. The Morgan fingerprint density at radius 1 is 1.10 bits per heavy atom. The maximum Gasteiger partial charge on any atom is 0.412 e. The number of H-pyrrole nitrogens is 1. The van der Waals surface area contributed by atoms with E-state index in [-0.39, 0.29) is 5.91 Å². The number of rotatable bonds is 3. The van der Waals surface area contributed by atoms with Crippen LogP contribution in [-0.2, 0) is 4.74 Å². The van der Waals surface area contributed by atoms with Gasteiger partial charge < -0.3 is 14.6 Å². The van der Waals surface area contributed by atoms with E-state index in [1.807, 2.05) is 49.9 Å². The molecule has 0 aliphatic carbocycles. The highest BCUT2D eigenvalue weighted by atomic mass is 16.6. The van der Waals surface area contributed by atoms with Gasteiger partial charge in [-0.15, -0.1) is 0 Å². The summed E-state index contributed by atoms with van der Waals surface area (Å²) in [5.74, 6) is 1.28. The number of nitrogens with one attached hydrogen (secondary N) is 2. The molecule has 2 N–H and O–H groups in total. The van der Waals surface area contributed by atoms with Crippen LogP contribution in [0.25, 0.3) is 11.0 Å². The van der Waals surface area contributed by atoms with Crippen LogP contribution < -0.4 is 5.32 Å². The summed E-state index contributed by atoms with van der Waals surface area (Å²) in [6.07, 6.45) is 1.19. The number of amides is 2. The summed E-state index contributed by atoms with van der Waals surface area (Å²) in [6, 6.07) is 15.0. The predicted octanol–water partition coefficient (Wildman–Crippen LogP) is 4.93. The number of aromatic amines is 1. The summed E-state index contributed by atoms with van der Waals surface area (Å²) >= 11 is 0. The van der Waals surface area contributed by atoms with E-state index in [9.17, 15) is 9.59 Å². The zero-order chi connectivity index (χ0) is 22.0. The molecule has 0 bridgehead atoms. The van der Waals surface area contributed by atoms with Crippen molar-refractivity contribution in [1.82, 2.24) is 14.9 Å². The van der Waals surface area contributed by atoms with Crippen LogP contribution in [0.5, 0.6) is 0 Å². The Balaban J connectivity index is 1.37. The van der Waals surface area contributed by atoms with Gasteiger partial charge in [-0.2, -0.15) is 0 Å². The molecule has 0 spiro atoms. The maximum atomic E-state index is 13.0. The molecule has 162 valence electrons. The molecule has 2 amide bonds. The smallest absolute Gasteiger partial charge is 0.412 e. The number of hydrogen-bond donors (Lipinski definition) is 2. The summed E-state index contributed by atoms with van der Waals surface area (Å²) in [4.78, 5) is 35.0. The molecule has 0 saturated carbocycles. The molecule has 0 atom stereocenters. The van der Waals surface area contributed by atoms with E-state index in [0.29, 0.717) is 30.3 Å². The van der Waals surface area contributed by atoms with Crippen molar-refractivity contribution in [3.8, 4) is 0 Å². The number of fused-ring (bicyclic) bond motifs is 1. The van der Waals surface area contributed by atoms with Crippen LogP contribution >= 0.6 is 0 Å². The molecule has 1 aliphatic heterocycles. The van der Waals surface area contributed by atoms with E-state index in [2.05, 4.69) is 10.3 Å². The van der Waals surface area contributed by atoms with E-state index in [1.54, 1.807) is 24.3 Å². The van der Waals surface area contributed by atoms with Gasteiger partial charge in [0.25, 0.3) is 5.91 Å². The molecule has 7 nitrogen and oxygen atoms in total. The molecule has 1 fully saturated rings. The molecule has 2 aromatic carbocycles. The number of ether oxygens (including phenoxy) is 1. The lowest BCUT2D eigenvalue weighted by atomic mass is 9.95. The summed E-state index contributed by atoms with van der Waals surface area (Å²) in [5.41, 5.74) is 2.53. The van der Waals surface area contributed by atoms with Crippen molar-refractivity contribution < 1.29 is 14.3 Å². The Labute approximate surface area is 181 Å². The van der Waals surface area contributed by atoms with Gasteiger partial charge in [0.05, 0.1) is 11.0 Å². The highest BCUT2D eigenvalue weighted by molar-refractivity contribution is 5.96. The third-order valence-electron chi connectivity index (χ3n) is 5.33. The van der Waals surface area contributed by atoms with Crippen molar-refractivity contribution in [3.05, 3.63) is 59.9 Å². The lowest BCUT2D eigenvalue weighted by molar-refractivity contribution is 0.0634. The number of anilines is 1. The van der Waals surface area contributed by atoms with E-state index >= 15 is 0 Å². The summed E-state index contributed by atoms with van der Waals surface area (Å²) in [6.45, 7) is 6.76. The fourth-order valence-corrected chi connectivity index (χ4v) is 3.86. The summed E-state index contributed by atoms with van der Waals surface area (Å²) < 4.78 is 5.28. The highest BCUT2D eigenvalue weighted by Gasteiger charge is 2.26. The minimum atomic E-state index is -0.582. The van der Waals surface area contributed by atoms with Crippen LogP contribution in [-0.4, -0.2) is 45.6 Å². The SMILES string of the molecule is CC(C)(C)OC(=O)Nc1cccc(C(=O)N2CCC(c3nc4ccccc4[nH]3)CC2)c1. The first-order chi connectivity index (χ1) is 14.8. The fraction of sp³-hybridized carbons (Fsp3) is 0.375. The van der Waals surface area contributed by atoms with Crippen LogP contribution in [0.2, 0.25) is 0 Å². The number of imidazole rings is 1. The highest BCUT2D eigenvalue weighted by Crippen LogP contribution is 2.28. The van der Waals surface area contributed by atoms with Crippen molar-refractivity contribution >= 4 is 28.7 Å². The van der Waals surface area contributed by atoms with E-state index in [4.69, 9.17) is 9.72 Å². The molecule has 31 heavy (non-hydrogen) atoms. The van der Waals surface area contributed by atoms with Gasteiger partial charge >= 0.3 is 6.09 Å². The molecule has 0 unspecified atom stereocenters. The first kappa shape index (κ1) is 20.9. The topological polar surface area (TPSA) is 87.3 Å². The zero-order valence-corrected chi connectivity index (χ0v) is 18.1. The molecule has 3 aromatic rings. The summed E-state index contributed by atoms with van der Waals surface area (Å²) in [5, 5.41) is 2.69. The molecular weight excluding hydrogens is 392 g/mol. The average Bonchev–Trinajstić information content (AvgIpc) is 3.16. The number of piperidine rings is 1. The minimum absolute atomic E-state index is 0.0316. The van der Waals surface area contributed by atoms with E-state index < -0.39 is 11.7 Å². The van der Waals surface area contributed by atoms with Gasteiger partial charge in [0.1, 0.15) is 11.4 Å². The summed E-state index contributed by atoms with van der Waals surface area (Å²) in [7, 11) is 0. The second-order valence-corrected chi connectivity index (χ2v) is 8.91. The lowest BCUT2D eigenvalue weighted by Crippen LogP contribution is -2.38. The van der Waals surface area contributed by atoms with Crippen LogP contribution in [0.4, 0.5) is 10.5 Å². The Morgan fingerprint density at radius 2 is 1.84 bits per heavy atom. The number of nitrogens with zero attached hydrogens (tertiary/aromatic N) is 2. The maximum absolute atomic E-state index is 13.0. The molecule has 1 saturated heterocycles. The van der Waals surface area contributed by atoms with Crippen molar-refractivity contribution in [1.29, 1.82) is 0 Å². The number of hydrogen-bond acceptors (Lipinski definition) is 4. The molecule has 0 radical (unpaired) electrons. The van der Waals surface area contributed by atoms with E-state index in [1.165, 1.54) is 0 Å². The van der Waals surface area contributed by atoms with Gasteiger partial charge in [-0.1, -0.05) is 18.2 Å². The van der Waals surface area contributed by atoms with Gasteiger partial charge in [0.15, 0.2) is 0 Å². The van der Waals surface area contributed by atoms with Gasteiger partial charge in [-0.25, -0.2) is 9.78 Å². The predicted molar refractivity (Wildman–Crippen MR) is 120 cm³/mol. The average molecular weight is 421 g/mol. The third-order valence-corrected chi connectivity index (χ3v) is 5.33. The third kappa shape index (κ3) is 5.05. The quantitative estimate of drug-likeness (QED) is 0.629. The number of likely N-dealkylation sites (tertiary alicyclic amines) is 1. The Kier molecular flexibility index (Phi) is 5.67. The molecule has 1 aliphatic rings. The van der Waals surface area contributed by atoms with Crippen molar-refractivity contribution in [3.63, 3.8) is 0 Å². The molecule has 4 rings (SSSR count). The number of aromatic nitrogens is 2. The number of carbonyl (C=O) groups is 2. The van der Waals surface area contributed by atoms with Crippen molar-refractivity contribution in [2.75, 3.05) is 18.4 Å². The van der Waals surface area contributed by atoms with Crippen LogP contribution in [0.3, 0.4) is 0 Å². The zero-order valence-electron chi connectivity index (χ0n) is 18.1. The van der Waals surface area contributed by atoms with E-state index in [0.717, 1.165) is 29.7 Å². The largest absolute Gasteiger partial charge is 0.444 e. The van der Waals surface area contributed by atoms with Crippen molar-refractivity contribution in [2.24, 2.45) is 0 Å². The second-order valence-electron chi connectivity index (χ2n) is 8.91. The fourth-order valence-electron chi connectivity index (χ4n) is 3.86. The van der Waals surface area contributed by atoms with Crippen LogP contribution in [0.15, 0.2) is 48.5 Å². The number of benzene rings is 2. The standard InChI is InChI=1S/C24H28N4O3/c1-24(2,3)31-23(30)25-18-8-6-7-17(15-18)22(29)28-13-11-16(12-14-28)21-26-19-9-4-5-10-20(19)27-21/h4-10,15-16H,11-14H2,1-3H3,(H,25,30)(H,26,27). The monoisotopic (exact) mass is 420 g/mol. The molecule has 2 heterocycles. The first-order valence-electron chi connectivity index (χ1n) is 10.6. The molecule has 7 heteroatoms. The van der Waals surface area contributed by atoms with Crippen LogP contribution in [0, 0.1) is 0 Å². The number of carbonyl (C=O) groups excluding carboxylic acids is 2. The van der Waals surface area contributed by atoms with Gasteiger partial charge in [-0.3, -0.25) is 10.1 Å². The lowest BCUT2D eigenvalue weighted by Gasteiger charge is -2.31. The first-order valence-corrected chi connectivity index (χ1v) is 10.6. The van der Waals surface area contributed by atoms with Gasteiger partial charge in [0.2, 0.25) is 0 Å². The normalized spacial score (nSPS) is 15.1. The molecular formula is C24H28N4O3. The number of para-hydroxylation sites is 2. The Hall–Kier alpha value is -3.35. The second kappa shape index (κ2) is 8.41. The van der Waals surface area contributed by atoms with Crippen LogP contribution in [0.1, 0.15) is 55.7 Å². The minimum Gasteiger partial charge on any atom is -0.444 e. The van der Waals surface area contributed by atoms with Gasteiger partial charge in [-0.05, 0) is 63.9 Å².